The van der Waals surface area contributed by atoms with Gasteiger partial charge in [0, 0.05) is 23.7 Å². The number of unbranched alkanes of at least 4 members (excludes halogenated alkanes) is 5. The van der Waals surface area contributed by atoms with E-state index in [1.165, 1.54) is 38.5 Å². The molecule has 1 aromatic heterocycles. The molecule has 1 aliphatic heterocycles. The van der Waals surface area contributed by atoms with E-state index in [0.717, 1.165) is 22.0 Å². The lowest BCUT2D eigenvalue weighted by Gasteiger charge is -2.16. The molecular weight excluding hydrogens is 436 g/mol. The fraction of sp³-hybridized carbons (Fsp3) is 0.500. The van der Waals surface area contributed by atoms with Crippen molar-refractivity contribution in [1.82, 2.24) is 9.97 Å². The van der Waals surface area contributed by atoms with Crippen molar-refractivity contribution in [3.05, 3.63) is 49.3 Å². The Morgan fingerprint density at radius 1 is 1.06 bits per heavy atom. The van der Waals surface area contributed by atoms with E-state index in [2.05, 4.69) is 23.5 Å². The predicted molar refractivity (Wildman–Crippen MR) is 131 cm³/mol. The minimum Gasteiger partial charge on any atom is -0.425 e. The number of hydrogen-bond donors (Lipinski definition) is 0. The van der Waals surface area contributed by atoms with Gasteiger partial charge in [0.25, 0.3) is 0 Å². The van der Waals surface area contributed by atoms with Crippen molar-refractivity contribution in [3.63, 3.8) is 0 Å². The highest BCUT2D eigenvalue weighted by Gasteiger charge is 2.44. The summed E-state index contributed by atoms with van der Waals surface area (Å²) >= 11 is 1.70. The lowest BCUT2D eigenvalue weighted by atomic mass is 10.1. The molecule has 0 N–H and O–H groups in total. The molecule has 7 heteroatoms. The summed E-state index contributed by atoms with van der Waals surface area (Å²) in [4.78, 5) is 21.5. The zero-order chi connectivity index (χ0) is 23.7. The highest BCUT2D eigenvalue weighted by Crippen LogP contribution is 2.30. The molecule has 0 bridgehead atoms. The quantitative estimate of drug-likeness (QED) is 0.0912. The summed E-state index contributed by atoms with van der Waals surface area (Å²) in [6.45, 7) is 9.46. The summed E-state index contributed by atoms with van der Waals surface area (Å²) in [7, 11) is 0. The maximum Gasteiger partial charge on any atom is 0.343 e. The standard InChI is InChI=1S/C26H34N2O4S/c1-5-7-8-9-10-11-16-33-25-27-17-20(18-28-25)19-12-14-21(15-13-19)30-24(29)23-22(6-2)31-26(3,4)32-23/h6,12-15,17-18,22-23H,2,5,7-11,16H2,1,3-4H3/t22-,23-/m1/s1. The van der Waals surface area contributed by atoms with Gasteiger partial charge in [0.1, 0.15) is 11.9 Å². The van der Waals surface area contributed by atoms with Crippen LogP contribution in [0.25, 0.3) is 11.1 Å². The first-order valence-electron chi connectivity index (χ1n) is 11.7. The molecular formula is C26H34N2O4S. The smallest absolute Gasteiger partial charge is 0.343 e. The Morgan fingerprint density at radius 2 is 1.73 bits per heavy atom. The molecule has 178 valence electrons. The zero-order valence-corrected chi connectivity index (χ0v) is 20.6. The number of nitrogens with zero attached hydrogens (tertiary/aromatic N) is 2. The first-order valence-corrected chi connectivity index (χ1v) is 12.7. The van der Waals surface area contributed by atoms with Crippen LogP contribution in [-0.4, -0.2) is 39.7 Å². The second-order valence-electron chi connectivity index (χ2n) is 8.57. The van der Waals surface area contributed by atoms with Gasteiger partial charge in [-0.1, -0.05) is 69.0 Å². The average molecular weight is 471 g/mol. The highest BCUT2D eigenvalue weighted by atomic mass is 32.2. The number of ether oxygens (including phenoxy) is 3. The Balaban J connectivity index is 1.48. The van der Waals surface area contributed by atoms with E-state index in [1.54, 1.807) is 43.8 Å². The molecule has 0 spiro atoms. The number of carbonyl (C=O) groups is 1. The molecule has 6 nitrogen and oxygen atoms in total. The van der Waals surface area contributed by atoms with Gasteiger partial charge in [0.15, 0.2) is 17.0 Å². The molecule has 33 heavy (non-hydrogen) atoms. The summed E-state index contributed by atoms with van der Waals surface area (Å²) in [5.74, 6) is 0.122. The molecule has 0 amide bonds. The Hall–Kier alpha value is -2.22. The van der Waals surface area contributed by atoms with Gasteiger partial charge in [-0.3, -0.25) is 0 Å². The van der Waals surface area contributed by atoms with Crippen molar-refractivity contribution < 1.29 is 19.0 Å². The van der Waals surface area contributed by atoms with Crippen LogP contribution in [0.2, 0.25) is 0 Å². The minimum atomic E-state index is -0.856. The summed E-state index contributed by atoms with van der Waals surface area (Å²) < 4.78 is 16.8. The van der Waals surface area contributed by atoms with E-state index in [-0.39, 0.29) is 0 Å². The molecule has 1 fully saturated rings. The van der Waals surface area contributed by atoms with Gasteiger partial charge < -0.3 is 14.2 Å². The molecule has 0 radical (unpaired) electrons. The number of carbonyl (C=O) groups excluding carboxylic acids is 1. The first kappa shape index (κ1) is 25.4. The van der Waals surface area contributed by atoms with E-state index < -0.39 is 24.0 Å². The van der Waals surface area contributed by atoms with Gasteiger partial charge >= 0.3 is 5.97 Å². The first-order chi connectivity index (χ1) is 15.9. The normalized spacial score (nSPS) is 19.4. The monoisotopic (exact) mass is 470 g/mol. The fourth-order valence-electron chi connectivity index (χ4n) is 3.62. The highest BCUT2D eigenvalue weighted by molar-refractivity contribution is 7.99. The fourth-order valence-corrected chi connectivity index (χ4v) is 4.40. The van der Waals surface area contributed by atoms with Gasteiger partial charge in [-0.15, -0.1) is 6.58 Å². The van der Waals surface area contributed by atoms with Crippen molar-refractivity contribution in [2.45, 2.75) is 82.4 Å². The Labute approximate surface area is 201 Å². The predicted octanol–water partition coefficient (Wildman–Crippen LogP) is 6.21. The summed E-state index contributed by atoms with van der Waals surface area (Å²) in [6.07, 6.45) is 11.6. The van der Waals surface area contributed by atoms with Crippen molar-refractivity contribution in [1.29, 1.82) is 0 Å². The third kappa shape index (κ3) is 7.66. The zero-order valence-electron chi connectivity index (χ0n) is 19.8. The molecule has 0 saturated carbocycles. The average Bonchev–Trinajstić information content (AvgIpc) is 3.14. The third-order valence-electron chi connectivity index (χ3n) is 5.36. The molecule has 0 unspecified atom stereocenters. The van der Waals surface area contributed by atoms with Gasteiger partial charge in [0.05, 0.1) is 0 Å². The molecule has 2 aromatic rings. The summed E-state index contributed by atoms with van der Waals surface area (Å²) in [6, 6.07) is 7.26. The van der Waals surface area contributed by atoms with Crippen molar-refractivity contribution in [3.8, 4) is 16.9 Å². The van der Waals surface area contributed by atoms with E-state index in [4.69, 9.17) is 14.2 Å². The molecule has 1 aliphatic rings. The SMILES string of the molecule is C=C[C@H]1OC(C)(C)O[C@H]1C(=O)Oc1ccc(-c2cnc(SCCCCCCCC)nc2)cc1. The lowest BCUT2D eigenvalue weighted by Crippen LogP contribution is -2.34. The number of esters is 1. The number of benzene rings is 1. The largest absolute Gasteiger partial charge is 0.425 e. The Bertz CT molecular complexity index is 900. The molecule has 3 rings (SSSR count). The number of aromatic nitrogens is 2. The summed E-state index contributed by atoms with van der Waals surface area (Å²) in [5, 5.41) is 0.802. The molecule has 2 heterocycles. The van der Waals surface area contributed by atoms with E-state index in [1.807, 2.05) is 24.5 Å². The van der Waals surface area contributed by atoms with E-state index in [0.29, 0.717) is 5.75 Å². The van der Waals surface area contributed by atoms with Crippen LogP contribution in [0, 0.1) is 0 Å². The Kier molecular flexibility index (Phi) is 9.47. The second-order valence-corrected chi connectivity index (χ2v) is 9.63. The molecule has 2 atom stereocenters. The van der Waals surface area contributed by atoms with Gasteiger partial charge in [0.2, 0.25) is 0 Å². The van der Waals surface area contributed by atoms with E-state index >= 15 is 0 Å². The molecule has 1 aromatic carbocycles. The van der Waals surface area contributed by atoms with Crippen molar-refractivity contribution in [2.75, 3.05) is 5.75 Å². The number of rotatable bonds is 12. The van der Waals surface area contributed by atoms with Crippen LogP contribution in [0.4, 0.5) is 0 Å². The Morgan fingerprint density at radius 3 is 2.39 bits per heavy atom. The van der Waals surface area contributed by atoms with Crippen LogP contribution >= 0.6 is 11.8 Å². The number of thioether (sulfide) groups is 1. The lowest BCUT2D eigenvalue weighted by molar-refractivity contribution is -0.163. The molecule has 1 saturated heterocycles. The molecule has 0 aliphatic carbocycles. The minimum absolute atomic E-state index is 0.437. The van der Waals surface area contributed by atoms with E-state index in [9.17, 15) is 4.79 Å². The van der Waals surface area contributed by atoms with Crippen LogP contribution in [0.3, 0.4) is 0 Å². The van der Waals surface area contributed by atoms with Crippen LogP contribution in [-0.2, 0) is 14.3 Å². The van der Waals surface area contributed by atoms with Gasteiger partial charge in [-0.05, 0) is 38.0 Å². The maximum atomic E-state index is 12.5. The topological polar surface area (TPSA) is 70.5 Å². The van der Waals surface area contributed by atoms with Crippen molar-refractivity contribution in [2.24, 2.45) is 0 Å². The number of hydrogen-bond acceptors (Lipinski definition) is 7. The van der Waals surface area contributed by atoms with Crippen LogP contribution < -0.4 is 4.74 Å². The van der Waals surface area contributed by atoms with Crippen LogP contribution in [0.15, 0.2) is 54.5 Å². The van der Waals surface area contributed by atoms with Crippen molar-refractivity contribution >= 4 is 17.7 Å². The van der Waals surface area contributed by atoms with Crippen LogP contribution in [0.5, 0.6) is 5.75 Å². The summed E-state index contributed by atoms with van der Waals surface area (Å²) in [5.41, 5.74) is 1.87. The van der Waals surface area contributed by atoms with Crippen LogP contribution in [0.1, 0.15) is 59.3 Å². The third-order valence-corrected chi connectivity index (χ3v) is 6.32. The van der Waals surface area contributed by atoms with Gasteiger partial charge in [-0.25, -0.2) is 14.8 Å². The second kappa shape index (κ2) is 12.3. The van der Waals surface area contributed by atoms with Gasteiger partial charge in [-0.2, -0.15) is 0 Å². The maximum absolute atomic E-state index is 12.5.